The van der Waals surface area contributed by atoms with Crippen LogP contribution in [0.2, 0.25) is 0 Å². The van der Waals surface area contributed by atoms with Crippen molar-refractivity contribution >= 4 is 16.0 Å². The number of carbonyl (C=O) groups excluding carboxylic acids is 1. The van der Waals surface area contributed by atoms with E-state index in [9.17, 15) is 13.2 Å². The molecule has 3 rings (SSSR count). The SMILES string of the molecule is COc1ccc(C(=O)OCC2CCC(C)(C)O2)cc1S(=O)(=O)N1CCCCCC1. The largest absolute Gasteiger partial charge is 0.495 e. The highest BCUT2D eigenvalue weighted by Crippen LogP contribution is 2.31. The smallest absolute Gasteiger partial charge is 0.338 e. The Hall–Kier alpha value is -1.64. The average Bonchev–Trinajstić information content (AvgIpc) is 2.89. The van der Waals surface area contributed by atoms with Gasteiger partial charge in [0, 0.05) is 13.1 Å². The van der Waals surface area contributed by atoms with Gasteiger partial charge < -0.3 is 14.2 Å². The molecule has 1 aromatic rings. The first-order chi connectivity index (χ1) is 13.7. The molecule has 1 atom stereocenters. The molecule has 2 heterocycles. The summed E-state index contributed by atoms with van der Waals surface area (Å²) >= 11 is 0. The zero-order valence-corrected chi connectivity index (χ0v) is 18.3. The molecule has 2 saturated heterocycles. The summed E-state index contributed by atoms with van der Waals surface area (Å²) in [6, 6.07) is 4.40. The second-order valence-electron chi connectivity index (χ2n) is 8.32. The van der Waals surface area contributed by atoms with E-state index >= 15 is 0 Å². The Bertz CT molecular complexity index is 828. The van der Waals surface area contributed by atoms with E-state index in [4.69, 9.17) is 14.2 Å². The molecular weight excluding hydrogens is 394 g/mol. The Morgan fingerprint density at radius 1 is 1.21 bits per heavy atom. The van der Waals surface area contributed by atoms with Gasteiger partial charge in [-0.25, -0.2) is 13.2 Å². The third-order valence-corrected chi connectivity index (χ3v) is 7.46. The highest BCUT2D eigenvalue weighted by Gasteiger charge is 2.33. The van der Waals surface area contributed by atoms with Crippen molar-refractivity contribution in [3.8, 4) is 5.75 Å². The topological polar surface area (TPSA) is 82.1 Å². The summed E-state index contributed by atoms with van der Waals surface area (Å²) in [5.41, 5.74) is -0.0116. The van der Waals surface area contributed by atoms with Gasteiger partial charge in [0.1, 0.15) is 17.3 Å². The van der Waals surface area contributed by atoms with E-state index in [-0.39, 0.29) is 34.5 Å². The highest BCUT2D eigenvalue weighted by atomic mass is 32.2. The minimum atomic E-state index is -3.75. The van der Waals surface area contributed by atoms with Gasteiger partial charge in [-0.15, -0.1) is 0 Å². The lowest BCUT2D eigenvalue weighted by Gasteiger charge is -2.22. The number of hydrogen-bond acceptors (Lipinski definition) is 6. The van der Waals surface area contributed by atoms with Crippen molar-refractivity contribution in [1.29, 1.82) is 0 Å². The van der Waals surface area contributed by atoms with Gasteiger partial charge in [-0.1, -0.05) is 12.8 Å². The normalized spacial score (nSPS) is 22.8. The quantitative estimate of drug-likeness (QED) is 0.650. The third-order valence-electron chi connectivity index (χ3n) is 5.54. The van der Waals surface area contributed by atoms with Crippen molar-refractivity contribution in [1.82, 2.24) is 4.31 Å². The summed E-state index contributed by atoms with van der Waals surface area (Å²) in [5.74, 6) is -0.333. The first-order valence-electron chi connectivity index (χ1n) is 10.3. The summed E-state index contributed by atoms with van der Waals surface area (Å²) < 4.78 is 44.4. The van der Waals surface area contributed by atoms with Crippen LogP contribution in [0.5, 0.6) is 5.75 Å². The maximum atomic E-state index is 13.2. The van der Waals surface area contributed by atoms with E-state index in [0.29, 0.717) is 13.1 Å². The maximum Gasteiger partial charge on any atom is 0.338 e. The van der Waals surface area contributed by atoms with Crippen LogP contribution in [0.25, 0.3) is 0 Å². The van der Waals surface area contributed by atoms with E-state index < -0.39 is 16.0 Å². The minimum Gasteiger partial charge on any atom is -0.495 e. The number of sulfonamides is 1. The molecule has 0 saturated carbocycles. The number of methoxy groups -OCH3 is 1. The van der Waals surface area contributed by atoms with Crippen molar-refractivity contribution in [2.45, 2.75) is 69.0 Å². The van der Waals surface area contributed by atoms with Crippen LogP contribution in [0.4, 0.5) is 0 Å². The molecule has 2 aliphatic heterocycles. The molecule has 162 valence electrons. The van der Waals surface area contributed by atoms with E-state index in [0.717, 1.165) is 38.5 Å². The second kappa shape index (κ2) is 9.02. The van der Waals surface area contributed by atoms with Gasteiger partial charge in [0.05, 0.1) is 24.4 Å². The molecule has 2 fully saturated rings. The van der Waals surface area contributed by atoms with Gasteiger partial charge in [-0.05, 0) is 57.7 Å². The van der Waals surface area contributed by atoms with Gasteiger partial charge in [0.15, 0.2) is 0 Å². The number of ether oxygens (including phenoxy) is 3. The minimum absolute atomic E-state index is 0.00889. The third kappa shape index (κ3) is 5.29. The Kier molecular flexibility index (Phi) is 6.86. The van der Waals surface area contributed by atoms with Crippen LogP contribution < -0.4 is 4.74 Å². The fraction of sp³-hybridized carbons (Fsp3) is 0.667. The molecule has 0 spiro atoms. The van der Waals surface area contributed by atoms with Gasteiger partial charge in [-0.2, -0.15) is 4.31 Å². The molecule has 1 aromatic carbocycles. The van der Waals surface area contributed by atoms with Crippen molar-refractivity contribution in [2.75, 3.05) is 26.8 Å². The van der Waals surface area contributed by atoms with Gasteiger partial charge in [0.25, 0.3) is 0 Å². The van der Waals surface area contributed by atoms with E-state index in [1.54, 1.807) is 0 Å². The fourth-order valence-electron chi connectivity index (χ4n) is 3.87. The summed E-state index contributed by atoms with van der Waals surface area (Å²) in [6.07, 6.45) is 5.33. The van der Waals surface area contributed by atoms with Crippen LogP contribution in [0.15, 0.2) is 23.1 Å². The number of nitrogens with zero attached hydrogens (tertiary/aromatic N) is 1. The fourth-order valence-corrected chi connectivity index (χ4v) is 5.57. The van der Waals surface area contributed by atoms with Crippen molar-refractivity contribution in [3.05, 3.63) is 23.8 Å². The molecule has 0 aliphatic carbocycles. The first-order valence-corrected chi connectivity index (χ1v) is 11.7. The molecule has 8 heteroatoms. The van der Waals surface area contributed by atoms with E-state index in [1.165, 1.54) is 29.6 Å². The molecule has 0 N–H and O–H groups in total. The zero-order chi connectivity index (χ0) is 21.1. The summed E-state index contributed by atoms with van der Waals surface area (Å²) in [5, 5.41) is 0. The molecule has 7 nitrogen and oxygen atoms in total. The lowest BCUT2D eigenvalue weighted by molar-refractivity contribution is -0.0445. The summed E-state index contributed by atoms with van der Waals surface area (Å²) in [6.45, 7) is 5.14. The molecule has 1 unspecified atom stereocenters. The summed E-state index contributed by atoms with van der Waals surface area (Å²) in [4.78, 5) is 12.6. The molecular formula is C21H31NO6S. The number of benzene rings is 1. The number of hydrogen-bond donors (Lipinski definition) is 0. The van der Waals surface area contributed by atoms with Crippen molar-refractivity contribution in [3.63, 3.8) is 0 Å². The molecule has 0 radical (unpaired) electrons. The van der Waals surface area contributed by atoms with Gasteiger partial charge >= 0.3 is 5.97 Å². The maximum absolute atomic E-state index is 13.2. The predicted molar refractivity (Wildman–Crippen MR) is 109 cm³/mol. The average molecular weight is 426 g/mol. The Morgan fingerprint density at radius 3 is 2.48 bits per heavy atom. The summed E-state index contributed by atoms with van der Waals surface area (Å²) in [7, 11) is -2.33. The Labute approximate surface area is 173 Å². The second-order valence-corrected chi connectivity index (χ2v) is 10.2. The van der Waals surface area contributed by atoms with Crippen LogP contribution in [-0.4, -0.2) is 57.2 Å². The van der Waals surface area contributed by atoms with Crippen LogP contribution in [0.1, 0.15) is 62.7 Å². The number of esters is 1. The van der Waals surface area contributed by atoms with Gasteiger partial charge in [-0.3, -0.25) is 0 Å². The Morgan fingerprint density at radius 2 is 1.90 bits per heavy atom. The van der Waals surface area contributed by atoms with Gasteiger partial charge in [0.2, 0.25) is 10.0 Å². The monoisotopic (exact) mass is 425 g/mol. The predicted octanol–water partition coefficient (Wildman–Crippen LogP) is 3.37. The molecule has 0 bridgehead atoms. The molecule has 0 aromatic heterocycles. The first kappa shape index (κ1) is 22.1. The van der Waals surface area contributed by atoms with Crippen molar-refractivity contribution in [2.24, 2.45) is 0 Å². The molecule has 2 aliphatic rings. The van der Waals surface area contributed by atoms with E-state index in [2.05, 4.69) is 0 Å². The van der Waals surface area contributed by atoms with E-state index in [1.807, 2.05) is 13.8 Å². The number of carbonyl (C=O) groups is 1. The highest BCUT2D eigenvalue weighted by molar-refractivity contribution is 7.89. The lowest BCUT2D eigenvalue weighted by Crippen LogP contribution is -2.32. The lowest BCUT2D eigenvalue weighted by atomic mass is 10.1. The zero-order valence-electron chi connectivity index (χ0n) is 17.5. The van der Waals surface area contributed by atoms with Crippen LogP contribution in [0.3, 0.4) is 0 Å². The molecule has 0 amide bonds. The van der Waals surface area contributed by atoms with Crippen LogP contribution in [0, 0.1) is 0 Å². The Balaban J connectivity index is 1.76. The standard InChI is InChI=1S/C21H31NO6S/c1-21(2)11-10-17(28-21)15-27-20(23)16-8-9-18(26-3)19(14-16)29(24,25)22-12-6-4-5-7-13-22/h8-9,14,17H,4-7,10-13,15H2,1-3H3. The van der Waals surface area contributed by atoms with Crippen LogP contribution >= 0.6 is 0 Å². The van der Waals surface area contributed by atoms with Crippen molar-refractivity contribution < 1.29 is 27.4 Å². The van der Waals surface area contributed by atoms with Crippen LogP contribution in [-0.2, 0) is 19.5 Å². The molecule has 29 heavy (non-hydrogen) atoms. The number of rotatable bonds is 6.